The number of anilines is 1. The van der Waals surface area contributed by atoms with Gasteiger partial charge in [0.1, 0.15) is 18.1 Å². The molecular formula is C26H22N2O4. The first-order chi connectivity index (χ1) is 15.7. The third kappa shape index (κ3) is 4.49. The minimum Gasteiger partial charge on any atom is -0.486 e. The maximum Gasteiger partial charge on any atom is 0.291 e. The smallest absolute Gasteiger partial charge is 0.291 e. The summed E-state index contributed by atoms with van der Waals surface area (Å²) >= 11 is 0. The van der Waals surface area contributed by atoms with E-state index < -0.39 is 5.91 Å². The highest BCUT2D eigenvalue weighted by Gasteiger charge is 2.25. The molecule has 1 heterocycles. The van der Waals surface area contributed by atoms with Crippen LogP contribution in [-0.4, -0.2) is 17.9 Å². The van der Waals surface area contributed by atoms with Gasteiger partial charge in [-0.2, -0.15) is 0 Å². The van der Waals surface area contributed by atoms with Gasteiger partial charge >= 0.3 is 0 Å². The number of carbonyl (C=O) groups excluding carboxylic acids is 2. The summed E-state index contributed by atoms with van der Waals surface area (Å²) in [6.07, 6.45) is 1.99. The average molecular weight is 426 g/mol. The van der Waals surface area contributed by atoms with Gasteiger partial charge in [0.25, 0.3) is 11.8 Å². The van der Waals surface area contributed by atoms with Crippen molar-refractivity contribution in [2.45, 2.75) is 25.5 Å². The predicted molar refractivity (Wildman–Crippen MR) is 122 cm³/mol. The van der Waals surface area contributed by atoms with Crippen molar-refractivity contribution in [3.05, 3.63) is 95.9 Å². The van der Waals surface area contributed by atoms with E-state index in [9.17, 15) is 9.59 Å². The molecule has 2 N–H and O–H groups in total. The number of ether oxygens (including phenoxy) is 1. The fourth-order valence-electron chi connectivity index (χ4n) is 3.45. The summed E-state index contributed by atoms with van der Waals surface area (Å²) in [6.45, 7) is 0.200. The van der Waals surface area contributed by atoms with Crippen molar-refractivity contribution < 1.29 is 18.7 Å². The van der Waals surface area contributed by atoms with Crippen LogP contribution in [0.2, 0.25) is 0 Å². The Bertz CT molecular complexity index is 1290. The summed E-state index contributed by atoms with van der Waals surface area (Å²) in [5, 5.41) is 7.95. The number of hydrogen-bond donors (Lipinski definition) is 2. The van der Waals surface area contributed by atoms with E-state index in [1.807, 2.05) is 42.5 Å². The van der Waals surface area contributed by atoms with Crippen molar-refractivity contribution in [1.29, 1.82) is 0 Å². The van der Waals surface area contributed by atoms with Crippen LogP contribution in [0.5, 0.6) is 5.75 Å². The first-order valence-electron chi connectivity index (χ1n) is 10.6. The van der Waals surface area contributed by atoms with Gasteiger partial charge in [0.2, 0.25) is 0 Å². The SMILES string of the molecule is O=C(Nc1ccccc1C(=O)NC1CC1)c1ccc(COc2ccc3ccccc3c2)o1. The number of amides is 2. The summed E-state index contributed by atoms with van der Waals surface area (Å²) in [5.74, 6) is 0.797. The van der Waals surface area contributed by atoms with Crippen LogP contribution in [0.25, 0.3) is 10.8 Å². The zero-order valence-electron chi connectivity index (χ0n) is 17.3. The Labute approximate surface area is 185 Å². The summed E-state index contributed by atoms with van der Waals surface area (Å²) in [6, 6.07) is 24.4. The molecule has 0 atom stereocenters. The maximum absolute atomic E-state index is 12.7. The van der Waals surface area contributed by atoms with Crippen LogP contribution in [0.4, 0.5) is 5.69 Å². The Hall–Kier alpha value is -4.06. The zero-order chi connectivity index (χ0) is 21.9. The molecule has 6 nitrogen and oxygen atoms in total. The number of carbonyl (C=O) groups is 2. The van der Waals surface area contributed by atoms with E-state index in [1.165, 1.54) is 0 Å². The van der Waals surface area contributed by atoms with Crippen molar-refractivity contribution in [2.24, 2.45) is 0 Å². The molecule has 1 aromatic heterocycles. The lowest BCUT2D eigenvalue weighted by molar-refractivity contribution is 0.0952. The number of fused-ring (bicyclic) bond motifs is 1. The molecule has 0 bridgehead atoms. The predicted octanol–water partition coefficient (Wildman–Crippen LogP) is 5.16. The van der Waals surface area contributed by atoms with Crippen LogP contribution in [-0.2, 0) is 6.61 Å². The lowest BCUT2D eigenvalue weighted by atomic mass is 10.1. The highest BCUT2D eigenvalue weighted by molar-refractivity contribution is 6.08. The molecule has 160 valence electrons. The molecule has 0 spiro atoms. The van der Waals surface area contributed by atoms with Crippen molar-refractivity contribution in [2.75, 3.05) is 5.32 Å². The quantitative estimate of drug-likeness (QED) is 0.428. The molecular weight excluding hydrogens is 404 g/mol. The number of nitrogens with one attached hydrogen (secondary N) is 2. The molecule has 2 amide bonds. The summed E-state index contributed by atoms with van der Waals surface area (Å²) in [7, 11) is 0. The van der Waals surface area contributed by atoms with E-state index in [0.717, 1.165) is 29.4 Å². The fourth-order valence-corrected chi connectivity index (χ4v) is 3.45. The van der Waals surface area contributed by atoms with E-state index in [0.29, 0.717) is 17.0 Å². The maximum atomic E-state index is 12.7. The molecule has 0 saturated heterocycles. The molecule has 0 radical (unpaired) electrons. The topological polar surface area (TPSA) is 80.6 Å². The Morgan fingerprint density at radius 2 is 1.66 bits per heavy atom. The third-order valence-electron chi connectivity index (χ3n) is 5.32. The average Bonchev–Trinajstić information content (AvgIpc) is 3.50. The number of benzene rings is 3. The number of para-hydroxylation sites is 1. The first-order valence-corrected chi connectivity index (χ1v) is 10.6. The minimum absolute atomic E-state index is 0.152. The van der Waals surface area contributed by atoms with Gasteiger partial charge in [-0.05, 0) is 60.0 Å². The molecule has 1 saturated carbocycles. The number of hydrogen-bond acceptors (Lipinski definition) is 4. The lowest BCUT2D eigenvalue weighted by Crippen LogP contribution is -2.26. The van der Waals surface area contributed by atoms with Crippen molar-refractivity contribution >= 4 is 28.3 Å². The van der Waals surface area contributed by atoms with Crippen molar-refractivity contribution in [3.8, 4) is 5.75 Å². The van der Waals surface area contributed by atoms with Gasteiger partial charge in [-0.15, -0.1) is 0 Å². The molecule has 5 rings (SSSR count). The van der Waals surface area contributed by atoms with E-state index in [1.54, 1.807) is 36.4 Å². The van der Waals surface area contributed by atoms with Crippen LogP contribution >= 0.6 is 0 Å². The Morgan fingerprint density at radius 3 is 2.50 bits per heavy atom. The van der Waals surface area contributed by atoms with Gasteiger partial charge in [0, 0.05) is 6.04 Å². The number of furan rings is 1. The van der Waals surface area contributed by atoms with E-state index in [-0.39, 0.29) is 24.3 Å². The van der Waals surface area contributed by atoms with Gasteiger partial charge in [-0.1, -0.05) is 42.5 Å². The molecule has 0 aliphatic heterocycles. The largest absolute Gasteiger partial charge is 0.486 e. The minimum atomic E-state index is -0.423. The Balaban J connectivity index is 1.23. The van der Waals surface area contributed by atoms with E-state index in [4.69, 9.17) is 9.15 Å². The van der Waals surface area contributed by atoms with Gasteiger partial charge in [-0.25, -0.2) is 0 Å². The lowest BCUT2D eigenvalue weighted by Gasteiger charge is -2.10. The first kappa shape index (κ1) is 19.9. The van der Waals surface area contributed by atoms with Crippen LogP contribution in [0.15, 0.2) is 83.3 Å². The van der Waals surface area contributed by atoms with Gasteiger partial charge < -0.3 is 19.8 Å². The molecule has 1 fully saturated rings. The summed E-state index contributed by atoms with van der Waals surface area (Å²) in [5.41, 5.74) is 0.875. The van der Waals surface area contributed by atoms with Crippen LogP contribution in [0.3, 0.4) is 0 Å². The third-order valence-corrected chi connectivity index (χ3v) is 5.32. The van der Waals surface area contributed by atoms with Crippen LogP contribution in [0.1, 0.15) is 39.5 Å². The molecule has 0 unspecified atom stereocenters. The normalized spacial score (nSPS) is 13.0. The monoisotopic (exact) mass is 426 g/mol. The standard InChI is InChI=1S/C26H22N2O4/c29-25(27-19-10-11-19)22-7-3-4-8-23(22)28-26(30)24-14-13-21(32-24)16-31-20-12-9-17-5-1-2-6-18(17)15-20/h1-9,12-15,19H,10-11,16H2,(H,27,29)(H,28,30). The zero-order valence-corrected chi connectivity index (χ0v) is 17.3. The fraction of sp³-hybridized carbons (Fsp3) is 0.154. The van der Waals surface area contributed by atoms with Gasteiger partial charge in [-0.3, -0.25) is 9.59 Å². The Morgan fingerprint density at radius 1 is 0.875 bits per heavy atom. The molecule has 1 aliphatic carbocycles. The summed E-state index contributed by atoms with van der Waals surface area (Å²) < 4.78 is 11.5. The molecule has 1 aliphatic rings. The molecule has 3 aromatic carbocycles. The van der Waals surface area contributed by atoms with E-state index >= 15 is 0 Å². The second-order valence-electron chi connectivity index (χ2n) is 7.81. The Kier molecular flexibility index (Phi) is 5.34. The highest BCUT2D eigenvalue weighted by Crippen LogP contribution is 2.23. The van der Waals surface area contributed by atoms with Crippen LogP contribution < -0.4 is 15.4 Å². The van der Waals surface area contributed by atoms with Crippen LogP contribution in [0, 0.1) is 0 Å². The van der Waals surface area contributed by atoms with Crippen molar-refractivity contribution in [1.82, 2.24) is 5.32 Å². The number of rotatable bonds is 7. The molecule has 6 heteroatoms. The van der Waals surface area contributed by atoms with Gasteiger partial charge in [0.15, 0.2) is 5.76 Å². The highest BCUT2D eigenvalue weighted by atomic mass is 16.5. The molecule has 32 heavy (non-hydrogen) atoms. The van der Waals surface area contributed by atoms with Crippen molar-refractivity contribution in [3.63, 3.8) is 0 Å². The second kappa shape index (κ2) is 8.59. The second-order valence-corrected chi connectivity index (χ2v) is 7.81. The van der Waals surface area contributed by atoms with Gasteiger partial charge in [0.05, 0.1) is 11.3 Å². The van der Waals surface area contributed by atoms with E-state index in [2.05, 4.69) is 10.6 Å². The summed E-state index contributed by atoms with van der Waals surface area (Å²) in [4.78, 5) is 25.1. The molecule has 4 aromatic rings.